The summed E-state index contributed by atoms with van der Waals surface area (Å²) in [6.07, 6.45) is 3.21. The minimum absolute atomic E-state index is 0.349. The van der Waals surface area contributed by atoms with Gasteiger partial charge in [0.25, 0.3) is 0 Å². The molecule has 2 atom stereocenters. The van der Waals surface area contributed by atoms with E-state index in [-0.39, 0.29) is 0 Å². The summed E-state index contributed by atoms with van der Waals surface area (Å²) in [5.74, 6) is 1.04. The number of fused-ring (bicyclic) bond motifs is 1. The molecule has 1 N–H and O–H groups in total. The Hall–Kier alpha value is -1.59. The number of benzene rings is 1. The van der Waals surface area contributed by atoms with E-state index in [1.165, 1.54) is 24.1 Å². The molecule has 3 aliphatic heterocycles. The molecule has 0 radical (unpaired) electrons. The molecule has 4 rings (SSSR count). The Morgan fingerprint density at radius 1 is 1.19 bits per heavy atom. The maximum absolute atomic E-state index is 12.6. The molecule has 26 heavy (non-hydrogen) atoms. The predicted octanol–water partition coefficient (Wildman–Crippen LogP) is 1.72. The third-order valence-electron chi connectivity index (χ3n) is 6.33. The van der Waals surface area contributed by atoms with Gasteiger partial charge in [-0.25, -0.2) is 0 Å². The van der Waals surface area contributed by atoms with Crippen molar-refractivity contribution in [2.45, 2.75) is 32.2 Å². The molecule has 0 aromatic heterocycles. The van der Waals surface area contributed by atoms with Crippen LogP contribution in [0, 0.1) is 12.8 Å². The number of piperazine rings is 1. The van der Waals surface area contributed by atoms with Crippen LogP contribution in [0.1, 0.15) is 24.8 Å². The van der Waals surface area contributed by atoms with Gasteiger partial charge in [0.1, 0.15) is 0 Å². The van der Waals surface area contributed by atoms with Crippen LogP contribution < -0.4 is 10.2 Å². The number of piperidine rings is 1. The fourth-order valence-electron chi connectivity index (χ4n) is 4.72. The van der Waals surface area contributed by atoms with E-state index < -0.39 is 0 Å². The molecule has 3 heterocycles. The quantitative estimate of drug-likeness (QED) is 0.892. The molecule has 3 aliphatic rings. The lowest BCUT2D eigenvalue weighted by Crippen LogP contribution is -2.47. The number of hydrogen-bond acceptors (Lipinski definition) is 4. The Balaban J connectivity index is 1.21. The number of aryl methyl sites for hydroxylation is 1. The van der Waals surface area contributed by atoms with Gasteiger partial charge in [0.2, 0.25) is 5.91 Å². The zero-order chi connectivity index (χ0) is 17.9. The number of rotatable bonds is 4. The number of hydrogen-bond donors (Lipinski definition) is 1. The van der Waals surface area contributed by atoms with Crippen molar-refractivity contribution in [1.29, 1.82) is 0 Å². The van der Waals surface area contributed by atoms with Gasteiger partial charge in [-0.2, -0.15) is 0 Å². The number of nitrogens with one attached hydrogen (secondary N) is 1. The summed E-state index contributed by atoms with van der Waals surface area (Å²) in [7, 11) is 0. The lowest BCUT2D eigenvalue weighted by molar-refractivity contribution is -0.130. The van der Waals surface area contributed by atoms with Gasteiger partial charge in [-0.1, -0.05) is 12.1 Å². The topological polar surface area (TPSA) is 38.8 Å². The van der Waals surface area contributed by atoms with E-state index in [1.807, 2.05) is 0 Å². The van der Waals surface area contributed by atoms with Crippen molar-refractivity contribution in [2.75, 3.05) is 57.3 Å². The summed E-state index contributed by atoms with van der Waals surface area (Å²) in [5, 5.41) is 3.59. The van der Waals surface area contributed by atoms with Crippen LogP contribution in [0.4, 0.5) is 5.69 Å². The van der Waals surface area contributed by atoms with Crippen molar-refractivity contribution in [3.8, 4) is 0 Å². The second kappa shape index (κ2) is 7.97. The second-order valence-electron chi connectivity index (χ2n) is 8.18. The molecule has 5 heteroatoms. The Bertz CT molecular complexity index is 612. The number of anilines is 1. The molecule has 5 nitrogen and oxygen atoms in total. The number of carbonyl (C=O) groups is 1. The zero-order valence-corrected chi connectivity index (χ0v) is 16.0. The van der Waals surface area contributed by atoms with Crippen molar-refractivity contribution in [3.63, 3.8) is 0 Å². The van der Waals surface area contributed by atoms with E-state index in [0.29, 0.717) is 24.3 Å². The van der Waals surface area contributed by atoms with Crippen LogP contribution in [0.15, 0.2) is 24.3 Å². The van der Waals surface area contributed by atoms with Crippen LogP contribution in [0.5, 0.6) is 0 Å². The average Bonchev–Trinajstić information content (AvgIpc) is 3.11. The summed E-state index contributed by atoms with van der Waals surface area (Å²) in [5.41, 5.74) is 2.64. The largest absolute Gasteiger partial charge is 0.369 e. The fourth-order valence-corrected chi connectivity index (χ4v) is 4.72. The number of nitrogens with zero attached hydrogens (tertiary/aromatic N) is 3. The molecule has 1 amide bonds. The van der Waals surface area contributed by atoms with Gasteiger partial charge in [-0.05, 0) is 49.9 Å². The zero-order valence-electron chi connectivity index (χ0n) is 16.0. The number of carbonyl (C=O) groups excluding carboxylic acids is 1. The van der Waals surface area contributed by atoms with E-state index in [0.717, 1.165) is 52.4 Å². The summed E-state index contributed by atoms with van der Waals surface area (Å²) in [4.78, 5) is 19.6. The molecular formula is C21H32N4O. The molecule has 0 bridgehead atoms. The molecule has 0 aliphatic carbocycles. The minimum atomic E-state index is 0.349. The lowest BCUT2D eigenvalue weighted by atomic mass is 9.94. The van der Waals surface area contributed by atoms with Crippen molar-refractivity contribution < 1.29 is 4.79 Å². The van der Waals surface area contributed by atoms with Crippen molar-refractivity contribution in [1.82, 2.24) is 15.1 Å². The number of likely N-dealkylation sites (tertiary alicyclic amines) is 1. The molecule has 1 aromatic carbocycles. The van der Waals surface area contributed by atoms with Crippen LogP contribution >= 0.6 is 0 Å². The SMILES string of the molecule is Cc1cccc(N2CCN(CCC(=O)N3CC4CCCNC4C3)CC2)c1. The first-order valence-corrected chi connectivity index (χ1v) is 10.2. The maximum atomic E-state index is 12.6. The highest BCUT2D eigenvalue weighted by Gasteiger charge is 2.36. The molecule has 3 fully saturated rings. The minimum Gasteiger partial charge on any atom is -0.369 e. The molecule has 0 saturated carbocycles. The Labute approximate surface area is 157 Å². The smallest absolute Gasteiger partial charge is 0.223 e. The van der Waals surface area contributed by atoms with Crippen LogP contribution in [0.25, 0.3) is 0 Å². The maximum Gasteiger partial charge on any atom is 0.223 e. The van der Waals surface area contributed by atoms with Gasteiger partial charge < -0.3 is 15.1 Å². The van der Waals surface area contributed by atoms with E-state index >= 15 is 0 Å². The molecule has 0 spiro atoms. The molecular weight excluding hydrogens is 324 g/mol. The summed E-state index contributed by atoms with van der Waals surface area (Å²) in [6.45, 7) is 10.3. The third kappa shape index (κ3) is 4.04. The lowest BCUT2D eigenvalue weighted by Gasteiger charge is -2.36. The first-order valence-electron chi connectivity index (χ1n) is 10.2. The van der Waals surface area contributed by atoms with E-state index in [4.69, 9.17) is 0 Å². The van der Waals surface area contributed by atoms with Gasteiger partial charge in [0.05, 0.1) is 0 Å². The third-order valence-corrected chi connectivity index (χ3v) is 6.33. The van der Waals surface area contributed by atoms with Gasteiger partial charge >= 0.3 is 0 Å². The molecule has 142 valence electrons. The van der Waals surface area contributed by atoms with E-state index in [2.05, 4.69) is 51.2 Å². The normalized spacial score (nSPS) is 26.8. The van der Waals surface area contributed by atoms with Gasteiger partial charge in [0.15, 0.2) is 0 Å². The first-order chi connectivity index (χ1) is 12.7. The van der Waals surface area contributed by atoms with Crippen molar-refractivity contribution in [2.24, 2.45) is 5.92 Å². The highest BCUT2D eigenvalue weighted by Crippen LogP contribution is 2.25. The first kappa shape index (κ1) is 17.8. The Morgan fingerprint density at radius 3 is 2.81 bits per heavy atom. The van der Waals surface area contributed by atoms with Gasteiger partial charge in [0, 0.05) is 64.0 Å². The van der Waals surface area contributed by atoms with Crippen LogP contribution in [-0.2, 0) is 4.79 Å². The van der Waals surface area contributed by atoms with Crippen molar-refractivity contribution >= 4 is 11.6 Å². The average molecular weight is 357 g/mol. The monoisotopic (exact) mass is 356 g/mol. The molecule has 1 aromatic rings. The standard InChI is InChI=1S/C21H32N4O/c1-17-4-2-6-19(14-17)24-12-10-23(11-13-24)9-7-21(26)25-15-18-5-3-8-22-20(18)16-25/h2,4,6,14,18,20,22H,3,5,7-13,15-16H2,1H3. The summed E-state index contributed by atoms with van der Waals surface area (Å²) in [6, 6.07) is 9.30. The van der Waals surface area contributed by atoms with Crippen LogP contribution in [0.2, 0.25) is 0 Å². The molecule has 2 unspecified atom stereocenters. The van der Waals surface area contributed by atoms with Crippen LogP contribution in [-0.4, -0.2) is 74.1 Å². The Morgan fingerprint density at radius 2 is 2.04 bits per heavy atom. The number of amides is 1. The highest BCUT2D eigenvalue weighted by molar-refractivity contribution is 5.76. The fraction of sp³-hybridized carbons (Fsp3) is 0.667. The summed E-state index contributed by atoms with van der Waals surface area (Å²) < 4.78 is 0. The van der Waals surface area contributed by atoms with Crippen molar-refractivity contribution in [3.05, 3.63) is 29.8 Å². The van der Waals surface area contributed by atoms with Gasteiger partial charge in [-0.3, -0.25) is 9.69 Å². The van der Waals surface area contributed by atoms with Gasteiger partial charge in [-0.15, -0.1) is 0 Å². The van der Waals surface area contributed by atoms with Crippen LogP contribution in [0.3, 0.4) is 0 Å². The summed E-state index contributed by atoms with van der Waals surface area (Å²) >= 11 is 0. The van der Waals surface area contributed by atoms with E-state index in [9.17, 15) is 4.79 Å². The Kier molecular flexibility index (Phi) is 5.46. The second-order valence-corrected chi connectivity index (χ2v) is 8.18. The predicted molar refractivity (Wildman–Crippen MR) is 106 cm³/mol. The highest BCUT2D eigenvalue weighted by atomic mass is 16.2. The van der Waals surface area contributed by atoms with E-state index in [1.54, 1.807) is 0 Å². The molecule has 3 saturated heterocycles.